The molecule has 2 N–H and O–H groups in total. The second-order valence-electron chi connectivity index (χ2n) is 7.39. The molecule has 0 unspecified atom stereocenters. The van der Waals surface area contributed by atoms with Gasteiger partial charge in [0.2, 0.25) is 0 Å². The van der Waals surface area contributed by atoms with E-state index >= 15 is 0 Å². The molecule has 0 bridgehead atoms. The maximum absolute atomic E-state index is 5.51. The first-order chi connectivity index (χ1) is 14.5. The highest BCUT2D eigenvalue weighted by Gasteiger charge is 2.10. The second kappa shape index (κ2) is 11.9. The van der Waals surface area contributed by atoms with Gasteiger partial charge in [-0.2, -0.15) is 0 Å². The molecule has 0 atom stereocenters. The van der Waals surface area contributed by atoms with E-state index in [0.717, 1.165) is 60.8 Å². The number of hydrogen-bond donors (Lipinski definition) is 2. The molecule has 170 valence electrons. The number of nitrogens with one attached hydrogen (secondary N) is 2. The van der Waals surface area contributed by atoms with Crippen molar-refractivity contribution in [3.63, 3.8) is 0 Å². The zero-order valence-corrected chi connectivity index (χ0v) is 21.4. The molecule has 8 heteroatoms. The van der Waals surface area contributed by atoms with Gasteiger partial charge in [-0.1, -0.05) is 0 Å². The Morgan fingerprint density at radius 1 is 1.23 bits per heavy atom. The van der Waals surface area contributed by atoms with Gasteiger partial charge in [0.25, 0.3) is 0 Å². The van der Waals surface area contributed by atoms with E-state index in [9.17, 15) is 0 Å². The molecule has 31 heavy (non-hydrogen) atoms. The number of hydrogen-bond acceptors (Lipinski definition) is 3. The zero-order chi connectivity index (χ0) is 21.5. The first-order valence-corrected chi connectivity index (χ1v) is 10.4. The second-order valence-corrected chi connectivity index (χ2v) is 7.39. The van der Waals surface area contributed by atoms with E-state index in [1.807, 2.05) is 12.1 Å². The number of aromatic amines is 1. The first kappa shape index (κ1) is 24.9. The largest absolute Gasteiger partial charge is 0.497 e. The third-order valence-corrected chi connectivity index (χ3v) is 5.20. The van der Waals surface area contributed by atoms with Crippen LogP contribution in [-0.4, -0.2) is 54.8 Å². The summed E-state index contributed by atoms with van der Waals surface area (Å²) in [5, 5.41) is 4.47. The van der Waals surface area contributed by atoms with E-state index in [2.05, 4.69) is 65.2 Å². The number of H-pyrrole nitrogens is 1. The molecule has 3 aromatic rings. The normalized spacial score (nSPS) is 11.3. The summed E-state index contributed by atoms with van der Waals surface area (Å²) in [7, 11) is 7.49. The number of halogens is 1. The minimum Gasteiger partial charge on any atom is -0.497 e. The number of aliphatic imine (C=N–C) groups is 1. The number of aromatic nitrogens is 2. The van der Waals surface area contributed by atoms with Crippen molar-refractivity contribution in [3.8, 4) is 11.5 Å². The maximum atomic E-state index is 5.51. The van der Waals surface area contributed by atoms with Crippen LogP contribution in [0.15, 0.2) is 41.5 Å². The Morgan fingerprint density at radius 2 is 2.03 bits per heavy atom. The smallest absolute Gasteiger partial charge is 0.194 e. The topological polar surface area (TPSA) is 66.8 Å². The molecule has 0 saturated carbocycles. The van der Waals surface area contributed by atoms with Gasteiger partial charge >= 0.3 is 0 Å². The molecular formula is C23H34IN5O2. The molecule has 2 heterocycles. The number of methoxy groups -OCH3 is 2. The van der Waals surface area contributed by atoms with Crippen molar-refractivity contribution in [1.29, 1.82) is 0 Å². The Kier molecular flexibility index (Phi) is 9.54. The van der Waals surface area contributed by atoms with Crippen molar-refractivity contribution in [1.82, 2.24) is 19.8 Å². The highest BCUT2D eigenvalue weighted by molar-refractivity contribution is 14.0. The van der Waals surface area contributed by atoms with Crippen LogP contribution >= 0.6 is 24.0 Å². The van der Waals surface area contributed by atoms with Crippen LogP contribution in [0.2, 0.25) is 0 Å². The Balaban J connectivity index is 0.00000341. The number of fused-ring (bicyclic) bond motifs is 1. The van der Waals surface area contributed by atoms with Crippen LogP contribution in [-0.2, 0) is 20.0 Å². The van der Waals surface area contributed by atoms with Gasteiger partial charge in [-0.05, 0) is 38.0 Å². The molecule has 0 radical (unpaired) electrons. The molecule has 3 rings (SSSR count). The molecular weight excluding hydrogens is 505 g/mol. The van der Waals surface area contributed by atoms with Crippen LogP contribution < -0.4 is 14.8 Å². The minimum atomic E-state index is 0. The third kappa shape index (κ3) is 6.32. The summed E-state index contributed by atoms with van der Waals surface area (Å²) in [5.41, 5.74) is 3.46. The minimum absolute atomic E-state index is 0. The van der Waals surface area contributed by atoms with Crippen LogP contribution in [0.3, 0.4) is 0 Å². The first-order valence-electron chi connectivity index (χ1n) is 10.4. The number of guanidine groups is 1. The van der Waals surface area contributed by atoms with Gasteiger partial charge in [0, 0.05) is 62.3 Å². The number of benzene rings is 1. The van der Waals surface area contributed by atoms with Gasteiger partial charge in [-0.3, -0.25) is 4.99 Å². The quantitative estimate of drug-likeness (QED) is 0.186. The van der Waals surface area contributed by atoms with Crippen LogP contribution in [0.5, 0.6) is 11.5 Å². The fourth-order valence-electron chi connectivity index (χ4n) is 3.56. The van der Waals surface area contributed by atoms with Gasteiger partial charge < -0.3 is 29.2 Å². The Labute approximate surface area is 201 Å². The summed E-state index contributed by atoms with van der Waals surface area (Å²) in [6.45, 7) is 4.52. The summed E-state index contributed by atoms with van der Waals surface area (Å²) in [4.78, 5) is 10.5. The van der Waals surface area contributed by atoms with Gasteiger partial charge in [0.1, 0.15) is 11.5 Å². The highest BCUT2D eigenvalue weighted by atomic mass is 127. The highest BCUT2D eigenvalue weighted by Crippen LogP contribution is 2.31. The third-order valence-electron chi connectivity index (χ3n) is 5.20. The van der Waals surface area contributed by atoms with E-state index in [0.29, 0.717) is 0 Å². The van der Waals surface area contributed by atoms with Gasteiger partial charge in [-0.25, -0.2) is 0 Å². The van der Waals surface area contributed by atoms with Gasteiger partial charge in [-0.15, -0.1) is 24.0 Å². The summed E-state index contributed by atoms with van der Waals surface area (Å²) in [6, 6.07) is 10.3. The molecule has 0 aliphatic carbocycles. The monoisotopic (exact) mass is 539 g/mol. The maximum Gasteiger partial charge on any atom is 0.194 e. The van der Waals surface area contributed by atoms with E-state index < -0.39 is 0 Å². The fraction of sp³-hybridized carbons (Fsp3) is 0.435. The average molecular weight is 539 g/mol. The molecule has 2 aromatic heterocycles. The van der Waals surface area contributed by atoms with Crippen molar-refractivity contribution in [2.24, 2.45) is 12.0 Å². The number of ether oxygens (including phenoxy) is 2. The fourth-order valence-corrected chi connectivity index (χ4v) is 3.56. The Morgan fingerprint density at radius 3 is 2.68 bits per heavy atom. The van der Waals surface area contributed by atoms with Crippen molar-refractivity contribution in [2.45, 2.75) is 26.3 Å². The number of aryl methyl sites for hydroxylation is 2. The number of rotatable bonds is 9. The van der Waals surface area contributed by atoms with Gasteiger partial charge in [0.05, 0.1) is 26.3 Å². The Bertz CT molecular complexity index is 995. The van der Waals surface area contributed by atoms with Crippen LogP contribution in [0.1, 0.15) is 24.7 Å². The summed E-state index contributed by atoms with van der Waals surface area (Å²) < 4.78 is 13.0. The lowest BCUT2D eigenvalue weighted by atomic mass is 10.2. The molecule has 0 aliphatic rings. The van der Waals surface area contributed by atoms with Crippen LogP contribution in [0.4, 0.5) is 0 Å². The van der Waals surface area contributed by atoms with Crippen molar-refractivity contribution < 1.29 is 9.47 Å². The number of nitrogens with zero attached hydrogens (tertiary/aromatic N) is 3. The summed E-state index contributed by atoms with van der Waals surface area (Å²) in [5.74, 6) is 2.54. The lowest BCUT2D eigenvalue weighted by Gasteiger charge is -2.22. The van der Waals surface area contributed by atoms with Crippen molar-refractivity contribution in [3.05, 3.63) is 47.9 Å². The van der Waals surface area contributed by atoms with E-state index in [1.54, 1.807) is 14.2 Å². The van der Waals surface area contributed by atoms with Crippen LogP contribution in [0, 0.1) is 0 Å². The van der Waals surface area contributed by atoms with Gasteiger partial charge in [0.15, 0.2) is 5.96 Å². The Hall–Kier alpha value is -2.36. The summed E-state index contributed by atoms with van der Waals surface area (Å²) >= 11 is 0. The zero-order valence-electron chi connectivity index (χ0n) is 19.1. The lowest BCUT2D eigenvalue weighted by molar-refractivity contribution is 0.398. The average Bonchev–Trinajstić information content (AvgIpc) is 3.34. The molecule has 0 fully saturated rings. The predicted molar refractivity (Wildman–Crippen MR) is 138 cm³/mol. The standard InChI is InChI=1S/C23H33N5O2.HI/c1-6-24-23(28(3)16-18-10-8-12-27(18)2)25-11-7-9-17-13-20-21(26-17)14-19(29-4)15-22(20)30-5;/h8,10,12-15,26H,6-7,9,11,16H2,1-5H3,(H,24,25);1H. The molecule has 0 saturated heterocycles. The summed E-state index contributed by atoms with van der Waals surface area (Å²) in [6.07, 6.45) is 3.95. The predicted octanol–water partition coefficient (Wildman–Crippen LogP) is 4.17. The van der Waals surface area contributed by atoms with E-state index in [-0.39, 0.29) is 24.0 Å². The molecule has 7 nitrogen and oxygen atoms in total. The van der Waals surface area contributed by atoms with Crippen molar-refractivity contribution in [2.75, 3.05) is 34.4 Å². The van der Waals surface area contributed by atoms with Crippen LogP contribution in [0.25, 0.3) is 10.9 Å². The SMILES string of the molecule is CCNC(=NCCCc1cc2c(OC)cc(OC)cc2[nH]1)N(C)Cc1cccn1C.I. The lowest BCUT2D eigenvalue weighted by Crippen LogP contribution is -2.38. The molecule has 0 amide bonds. The van der Waals surface area contributed by atoms with E-state index in [1.165, 1.54) is 11.4 Å². The van der Waals surface area contributed by atoms with Crippen molar-refractivity contribution >= 4 is 40.8 Å². The molecule has 0 spiro atoms. The molecule has 1 aromatic carbocycles. The van der Waals surface area contributed by atoms with E-state index in [4.69, 9.17) is 14.5 Å². The molecule has 0 aliphatic heterocycles.